The maximum absolute atomic E-state index is 13.6. The van der Waals surface area contributed by atoms with Gasteiger partial charge in [0.2, 0.25) is 13.9 Å². The van der Waals surface area contributed by atoms with Crippen molar-refractivity contribution in [2.24, 2.45) is 0 Å². The van der Waals surface area contributed by atoms with E-state index in [0.717, 1.165) is 5.56 Å². The molecule has 0 bridgehead atoms. The number of thioether (sulfide) groups is 1. The molecule has 1 fully saturated rings. The summed E-state index contributed by atoms with van der Waals surface area (Å²) in [6.07, 6.45) is 0.433. The lowest BCUT2D eigenvalue weighted by Gasteiger charge is -2.24. The van der Waals surface area contributed by atoms with Gasteiger partial charge in [0.1, 0.15) is 11.5 Å². The molecule has 1 aliphatic rings. The number of methoxy groups -OCH3 is 2. The molecule has 0 aliphatic carbocycles. The first kappa shape index (κ1) is 29.7. The molecule has 0 spiro atoms. The fraction of sp³-hybridized carbons (Fsp3) is 0.233. The van der Waals surface area contributed by atoms with E-state index in [0.29, 0.717) is 40.1 Å². The van der Waals surface area contributed by atoms with E-state index >= 15 is 0 Å². The largest absolute Gasteiger partial charge is 0.497 e. The van der Waals surface area contributed by atoms with Gasteiger partial charge in [0.25, 0.3) is 17.1 Å². The number of hydrogen-bond donors (Lipinski definition) is 2. The molecule has 1 aliphatic heterocycles. The smallest absolute Gasteiger partial charge is 0.287 e. The van der Waals surface area contributed by atoms with Gasteiger partial charge in [0, 0.05) is 23.2 Å². The van der Waals surface area contributed by atoms with Gasteiger partial charge in [-0.1, -0.05) is 17.9 Å². The Morgan fingerprint density at radius 1 is 0.976 bits per heavy atom. The summed E-state index contributed by atoms with van der Waals surface area (Å²) >= 11 is 0.483. The first-order valence-corrected chi connectivity index (χ1v) is 14.9. The zero-order valence-electron chi connectivity index (χ0n) is 22.6. The lowest BCUT2D eigenvalue weighted by molar-refractivity contribution is -0.120. The van der Waals surface area contributed by atoms with E-state index in [4.69, 9.17) is 9.47 Å². The number of unbranched alkanes of at least 4 members (excludes halogenated alkanes) is 1. The SMILES string of the molecule is COc1ccc(C(=O)Nc2ccc(C)c(C#CCCCC3(S(=O)(=O)c4ccc(OC)cc4)SC(=O)NC3=O)c2)cc1. The molecule has 1 atom stereocenters. The average Bonchev–Trinajstić information content (AvgIpc) is 3.28. The maximum atomic E-state index is 13.6. The predicted octanol–water partition coefficient (Wildman–Crippen LogP) is 4.94. The van der Waals surface area contributed by atoms with Crippen molar-refractivity contribution in [3.05, 3.63) is 83.4 Å². The molecule has 212 valence electrons. The Bertz CT molecular complexity index is 1640. The summed E-state index contributed by atoms with van der Waals surface area (Å²) in [4.78, 5) is 37.4. The van der Waals surface area contributed by atoms with Crippen molar-refractivity contribution in [1.29, 1.82) is 0 Å². The van der Waals surface area contributed by atoms with Crippen LogP contribution in [0, 0.1) is 18.8 Å². The number of rotatable bonds is 9. The van der Waals surface area contributed by atoms with E-state index in [1.165, 1.54) is 31.4 Å². The third-order valence-corrected chi connectivity index (χ3v) is 10.6. The van der Waals surface area contributed by atoms with Gasteiger partial charge < -0.3 is 14.8 Å². The molecule has 1 unspecified atom stereocenters. The second kappa shape index (κ2) is 12.5. The van der Waals surface area contributed by atoms with Crippen LogP contribution >= 0.6 is 11.8 Å². The van der Waals surface area contributed by atoms with E-state index in [-0.39, 0.29) is 30.1 Å². The highest BCUT2D eigenvalue weighted by Gasteiger charge is 2.57. The van der Waals surface area contributed by atoms with Crippen molar-refractivity contribution in [2.45, 2.75) is 35.2 Å². The number of hydrogen-bond acceptors (Lipinski definition) is 8. The van der Waals surface area contributed by atoms with Gasteiger partial charge in [-0.25, -0.2) is 8.42 Å². The Morgan fingerprint density at radius 2 is 1.61 bits per heavy atom. The summed E-state index contributed by atoms with van der Waals surface area (Å²) in [5.74, 6) is 6.08. The number of nitrogens with one attached hydrogen (secondary N) is 2. The first-order chi connectivity index (χ1) is 19.6. The Morgan fingerprint density at radius 3 is 2.20 bits per heavy atom. The molecule has 3 amide bonds. The standard InChI is InChI=1S/C30H28N2O7S2/c1-20-8-11-23(31-27(33)21-9-12-24(38-2)13-10-21)19-22(20)7-5-4-6-18-30(28(34)32-29(35)40-30)41(36,37)26-16-14-25(39-3)15-17-26/h8-17,19H,4,6,18H2,1-3H3,(H,31,33)(H,32,34,35). The van der Waals surface area contributed by atoms with Crippen molar-refractivity contribution >= 4 is 44.3 Å². The molecule has 0 saturated carbocycles. The normalized spacial score (nSPS) is 16.4. The Kier molecular flexibility index (Phi) is 9.05. The van der Waals surface area contributed by atoms with Crippen molar-refractivity contribution < 1.29 is 32.3 Å². The molecule has 4 rings (SSSR count). The zero-order valence-corrected chi connectivity index (χ0v) is 24.3. The molecule has 1 heterocycles. The number of imide groups is 1. The fourth-order valence-electron chi connectivity index (χ4n) is 4.18. The van der Waals surface area contributed by atoms with Gasteiger partial charge in [-0.05, 0) is 97.8 Å². The first-order valence-electron chi connectivity index (χ1n) is 12.6. The quantitative estimate of drug-likeness (QED) is 0.264. The summed E-state index contributed by atoms with van der Waals surface area (Å²) in [6.45, 7) is 1.89. The van der Waals surface area contributed by atoms with E-state index in [9.17, 15) is 22.8 Å². The summed E-state index contributed by atoms with van der Waals surface area (Å²) in [5.41, 5.74) is 2.64. The van der Waals surface area contributed by atoms with Crippen LogP contribution in [-0.2, 0) is 14.6 Å². The molecule has 3 aromatic carbocycles. The highest BCUT2D eigenvalue weighted by Crippen LogP contribution is 2.44. The van der Waals surface area contributed by atoms with Crippen LogP contribution in [-0.4, -0.2) is 43.8 Å². The Hall–Kier alpha value is -4.27. The molecular formula is C30H28N2O7S2. The van der Waals surface area contributed by atoms with Gasteiger partial charge in [-0.15, -0.1) is 0 Å². The number of aryl methyl sites for hydroxylation is 1. The Balaban J connectivity index is 1.46. The van der Waals surface area contributed by atoms with E-state index < -0.39 is 25.1 Å². The van der Waals surface area contributed by atoms with Gasteiger partial charge in [-0.2, -0.15) is 0 Å². The lowest BCUT2D eigenvalue weighted by atomic mass is 10.1. The molecule has 3 aromatic rings. The second-order valence-electron chi connectivity index (χ2n) is 9.14. The summed E-state index contributed by atoms with van der Waals surface area (Å²) < 4.78 is 35.3. The third kappa shape index (κ3) is 6.39. The van der Waals surface area contributed by atoms with Crippen LogP contribution in [0.2, 0.25) is 0 Å². The second-order valence-corrected chi connectivity index (χ2v) is 12.8. The Labute approximate surface area is 242 Å². The number of ether oxygens (including phenoxy) is 2. The minimum absolute atomic E-state index is 0.0779. The molecule has 0 radical (unpaired) electrons. The van der Waals surface area contributed by atoms with Gasteiger partial charge in [0.05, 0.1) is 19.1 Å². The topological polar surface area (TPSA) is 128 Å². The molecule has 11 heteroatoms. The van der Waals surface area contributed by atoms with Crippen molar-refractivity contribution in [1.82, 2.24) is 5.32 Å². The summed E-state index contributed by atoms with van der Waals surface area (Å²) in [6, 6.07) is 17.8. The average molecular weight is 593 g/mol. The van der Waals surface area contributed by atoms with Gasteiger partial charge in [0.15, 0.2) is 0 Å². The molecule has 2 N–H and O–H groups in total. The molecule has 9 nitrogen and oxygen atoms in total. The van der Waals surface area contributed by atoms with E-state index in [1.54, 1.807) is 43.5 Å². The van der Waals surface area contributed by atoms with Crippen LogP contribution in [0.3, 0.4) is 0 Å². The number of anilines is 1. The maximum Gasteiger partial charge on any atom is 0.287 e. The highest BCUT2D eigenvalue weighted by atomic mass is 32.3. The third-order valence-electron chi connectivity index (χ3n) is 6.50. The monoisotopic (exact) mass is 592 g/mol. The minimum Gasteiger partial charge on any atom is -0.497 e. The highest BCUT2D eigenvalue weighted by molar-refractivity contribution is 8.25. The number of amides is 3. The van der Waals surface area contributed by atoms with Gasteiger partial charge in [-0.3, -0.25) is 19.7 Å². The van der Waals surface area contributed by atoms with Crippen LogP contribution in [0.5, 0.6) is 11.5 Å². The predicted molar refractivity (Wildman–Crippen MR) is 157 cm³/mol. The zero-order chi connectivity index (χ0) is 29.6. The van der Waals surface area contributed by atoms with Crippen LogP contribution in [0.25, 0.3) is 0 Å². The number of carbonyl (C=O) groups is 3. The van der Waals surface area contributed by atoms with Crippen LogP contribution in [0.15, 0.2) is 71.6 Å². The molecular weight excluding hydrogens is 564 g/mol. The van der Waals surface area contributed by atoms with Gasteiger partial charge >= 0.3 is 0 Å². The van der Waals surface area contributed by atoms with E-state index in [1.807, 2.05) is 13.0 Å². The van der Waals surface area contributed by atoms with E-state index in [2.05, 4.69) is 22.5 Å². The molecule has 41 heavy (non-hydrogen) atoms. The fourth-order valence-corrected chi connectivity index (χ4v) is 7.55. The van der Waals surface area contributed by atoms with Crippen LogP contribution < -0.4 is 20.1 Å². The number of carbonyl (C=O) groups excluding carboxylic acids is 3. The van der Waals surface area contributed by atoms with Crippen molar-refractivity contribution in [3.8, 4) is 23.3 Å². The van der Waals surface area contributed by atoms with Crippen molar-refractivity contribution in [2.75, 3.05) is 19.5 Å². The molecule has 0 aromatic heterocycles. The van der Waals surface area contributed by atoms with Crippen molar-refractivity contribution in [3.63, 3.8) is 0 Å². The van der Waals surface area contributed by atoms with Crippen LogP contribution in [0.1, 0.15) is 40.7 Å². The van der Waals surface area contributed by atoms with Crippen LogP contribution in [0.4, 0.5) is 10.5 Å². The number of benzene rings is 3. The molecule has 1 saturated heterocycles. The minimum atomic E-state index is -4.22. The number of sulfone groups is 1. The summed E-state index contributed by atoms with van der Waals surface area (Å²) in [5, 5.41) is 4.27. The lowest BCUT2D eigenvalue weighted by Crippen LogP contribution is -2.43. The summed E-state index contributed by atoms with van der Waals surface area (Å²) in [7, 11) is -1.21.